The van der Waals surface area contributed by atoms with Gasteiger partial charge in [-0.1, -0.05) is 50.5 Å². The van der Waals surface area contributed by atoms with Crippen molar-refractivity contribution in [1.82, 2.24) is 5.32 Å². The molecule has 6 heteroatoms. The monoisotopic (exact) mass is 435 g/mol. The largest absolute Gasteiger partial charge is 0.390 e. The van der Waals surface area contributed by atoms with E-state index in [0.29, 0.717) is 31.4 Å². The van der Waals surface area contributed by atoms with Gasteiger partial charge in [0.1, 0.15) is 0 Å². The number of aliphatic hydroxyl groups excluding tert-OH is 1. The van der Waals surface area contributed by atoms with Crippen molar-refractivity contribution in [2.45, 2.75) is 83.5 Å². The summed E-state index contributed by atoms with van der Waals surface area (Å²) in [5, 5.41) is 13.3. The van der Waals surface area contributed by atoms with Crippen molar-refractivity contribution in [3.8, 4) is 0 Å². The second-order valence-electron chi connectivity index (χ2n) is 8.14. The Morgan fingerprint density at radius 2 is 2.16 bits per heavy atom. The molecule has 4 atom stereocenters. The van der Waals surface area contributed by atoms with Gasteiger partial charge in [-0.3, -0.25) is 9.59 Å². The van der Waals surface area contributed by atoms with Crippen molar-refractivity contribution < 1.29 is 24.2 Å². The molecule has 0 fully saturated rings. The number of carbonyl (C=O) groups excluding carboxylic acids is 2. The lowest BCUT2D eigenvalue weighted by atomic mass is 9.81. The summed E-state index contributed by atoms with van der Waals surface area (Å²) in [5.74, 6) is -0.950. The average molecular weight is 436 g/mol. The molecule has 176 valence electrons. The molecule has 0 aromatic carbocycles. The molecule has 0 spiro atoms. The first kappa shape index (κ1) is 27.3. The maximum atomic E-state index is 12.5. The number of ether oxygens (including phenoxy) is 2. The maximum Gasteiger partial charge on any atom is 0.220 e. The van der Waals surface area contributed by atoms with Crippen LogP contribution in [0.5, 0.6) is 0 Å². The van der Waals surface area contributed by atoms with Gasteiger partial charge in [-0.2, -0.15) is 0 Å². The topological polar surface area (TPSA) is 84.9 Å². The summed E-state index contributed by atoms with van der Waals surface area (Å²) in [6.45, 7) is 7.90. The molecule has 1 rings (SSSR count). The highest BCUT2D eigenvalue weighted by molar-refractivity contribution is 5.98. The van der Waals surface area contributed by atoms with E-state index in [0.717, 1.165) is 12.8 Å². The summed E-state index contributed by atoms with van der Waals surface area (Å²) in [7, 11) is 1.74. The SMILES string of the molecule is C=CCO[C@@H]1CC=C(C)C(=O)[C@H]1[C@@H](O)CNC(=O)CC/C=C/C[C@H](CCCCC)OC. The third-order valence-corrected chi connectivity index (χ3v) is 5.67. The Hall–Kier alpha value is -1.76. The fourth-order valence-corrected chi connectivity index (χ4v) is 3.73. The van der Waals surface area contributed by atoms with Crippen LogP contribution >= 0.6 is 0 Å². The molecule has 1 aliphatic rings. The van der Waals surface area contributed by atoms with Crippen LogP contribution in [0.1, 0.15) is 65.2 Å². The third kappa shape index (κ3) is 10.4. The zero-order chi connectivity index (χ0) is 23.1. The fourth-order valence-electron chi connectivity index (χ4n) is 3.73. The minimum atomic E-state index is -0.990. The zero-order valence-electron chi connectivity index (χ0n) is 19.5. The Balaban J connectivity index is 2.37. The van der Waals surface area contributed by atoms with Crippen molar-refractivity contribution in [2.24, 2.45) is 5.92 Å². The molecule has 31 heavy (non-hydrogen) atoms. The third-order valence-electron chi connectivity index (χ3n) is 5.67. The summed E-state index contributed by atoms with van der Waals surface area (Å²) in [5.41, 5.74) is 0.628. The Kier molecular flexibility index (Phi) is 14.0. The molecule has 0 bridgehead atoms. The summed E-state index contributed by atoms with van der Waals surface area (Å²) in [4.78, 5) is 24.7. The van der Waals surface area contributed by atoms with Gasteiger partial charge in [-0.15, -0.1) is 6.58 Å². The van der Waals surface area contributed by atoms with Gasteiger partial charge in [0.25, 0.3) is 0 Å². The van der Waals surface area contributed by atoms with Crippen LogP contribution in [0.3, 0.4) is 0 Å². The Labute approximate surface area is 187 Å². The lowest BCUT2D eigenvalue weighted by molar-refractivity contribution is -0.132. The van der Waals surface area contributed by atoms with E-state index in [9.17, 15) is 14.7 Å². The second-order valence-corrected chi connectivity index (χ2v) is 8.14. The predicted molar refractivity (Wildman–Crippen MR) is 124 cm³/mol. The average Bonchev–Trinajstić information content (AvgIpc) is 2.76. The molecule has 2 N–H and O–H groups in total. The molecule has 0 radical (unpaired) electrons. The fraction of sp³-hybridized carbons (Fsp3) is 0.680. The van der Waals surface area contributed by atoms with Gasteiger partial charge in [0, 0.05) is 20.1 Å². The van der Waals surface area contributed by atoms with E-state index >= 15 is 0 Å². The normalized spacial score (nSPS) is 21.0. The first-order valence-electron chi connectivity index (χ1n) is 11.5. The summed E-state index contributed by atoms with van der Waals surface area (Å²) in [6, 6.07) is 0. The van der Waals surface area contributed by atoms with Gasteiger partial charge in [0.2, 0.25) is 5.91 Å². The number of aliphatic hydroxyl groups is 1. The highest BCUT2D eigenvalue weighted by Crippen LogP contribution is 2.26. The first-order valence-corrected chi connectivity index (χ1v) is 11.5. The number of hydrogen-bond acceptors (Lipinski definition) is 5. The minimum absolute atomic E-state index is 0.0311. The van der Waals surface area contributed by atoms with Crippen LogP contribution in [0.15, 0.2) is 36.5 Å². The van der Waals surface area contributed by atoms with Gasteiger partial charge in [-0.05, 0) is 38.2 Å². The van der Waals surface area contributed by atoms with Crippen LogP contribution in [0.25, 0.3) is 0 Å². The summed E-state index contributed by atoms with van der Waals surface area (Å²) < 4.78 is 11.2. The Morgan fingerprint density at radius 1 is 1.39 bits per heavy atom. The summed E-state index contributed by atoms with van der Waals surface area (Å²) >= 11 is 0. The number of Topliss-reactive ketones (excluding diaryl/α,β-unsaturated/α-hetero) is 1. The van der Waals surface area contributed by atoms with Crippen LogP contribution in [0.2, 0.25) is 0 Å². The van der Waals surface area contributed by atoms with Crippen molar-refractivity contribution in [3.05, 3.63) is 36.5 Å². The molecule has 0 unspecified atom stereocenters. The second kappa shape index (κ2) is 16.0. The molecular weight excluding hydrogens is 394 g/mol. The summed E-state index contributed by atoms with van der Waals surface area (Å²) in [6.07, 6.45) is 13.4. The predicted octanol–water partition coefficient (Wildman–Crippen LogP) is 3.89. The minimum Gasteiger partial charge on any atom is -0.390 e. The number of amides is 1. The maximum absolute atomic E-state index is 12.5. The van der Waals surface area contributed by atoms with Crippen LogP contribution in [0, 0.1) is 5.92 Å². The van der Waals surface area contributed by atoms with Gasteiger partial charge in [0.15, 0.2) is 5.78 Å². The highest BCUT2D eigenvalue weighted by Gasteiger charge is 2.37. The number of methoxy groups -OCH3 is 1. The quantitative estimate of drug-likeness (QED) is 0.284. The lowest BCUT2D eigenvalue weighted by Gasteiger charge is -2.32. The van der Waals surface area contributed by atoms with Gasteiger partial charge in [0.05, 0.1) is 30.8 Å². The van der Waals surface area contributed by atoms with Crippen LogP contribution in [0.4, 0.5) is 0 Å². The van der Waals surface area contributed by atoms with Crippen molar-refractivity contribution in [1.29, 1.82) is 0 Å². The van der Waals surface area contributed by atoms with E-state index in [4.69, 9.17) is 9.47 Å². The first-order chi connectivity index (χ1) is 14.9. The molecule has 6 nitrogen and oxygen atoms in total. The number of carbonyl (C=O) groups is 2. The number of unbranched alkanes of at least 4 members (excludes halogenated alkanes) is 2. The van der Waals surface area contributed by atoms with E-state index in [2.05, 4.69) is 24.9 Å². The number of rotatable bonds is 16. The highest BCUT2D eigenvalue weighted by atomic mass is 16.5. The Bertz CT molecular complexity index is 613. The van der Waals surface area contributed by atoms with Crippen molar-refractivity contribution in [2.75, 3.05) is 20.3 Å². The standard InChI is InChI=1S/C25H41NO5/c1-5-7-9-12-20(30-4)13-10-8-11-14-23(28)26-18-21(27)24-22(31-17-6-2)16-15-19(3)25(24)29/h6,8,10,15,20-22,24,27H,2,5,7,9,11-14,16-18H2,1,3-4H3,(H,26,28)/b10-8+/t20-,21-,22+,24-/m0/s1. The number of allylic oxidation sites excluding steroid dienone is 2. The molecule has 0 aromatic heterocycles. The van der Waals surface area contributed by atoms with Crippen molar-refractivity contribution in [3.63, 3.8) is 0 Å². The lowest BCUT2D eigenvalue weighted by Crippen LogP contribution is -2.47. The van der Waals surface area contributed by atoms with E-state index in [-0.39, 0.29) is 24.3 Å². The van der Waals surface area contributed by atoms with E-state index in [1.165, 1.54) is 19.3 Å². The van der Waals surface area contributed by atoms with Gasteiger partial charge >= 0.3 is 0 Å². The molecule has 0 saturated carbocycles. The van der Waals surface area contributed by atoms with Gasteiger partial charge < -0.3 is 19.9 Å². The van der Waals surface area contributed by atoms with Crippen LogP contribution in [-0.4, -0.2) is 55.4 Å². The van der Waals surface area contributed by atoms with E-state index in [1.54, 1.807) is 20.1 Å². The molecule has 1 amide bonds. The van der Waals surface area contributed by atoms with Crippen LogP contribution < -0.4 is 5.32 Å². The van der Waals surface area contributed by atoms with Gasteiger partial charge in [-0.25, -0.2) is 0 Å². The molecule has 0 saturated heterocycles. The smallest absolute Gasteiger partial charge is 0.220 e. The van der Waals surface area contributed by atoms with Crippen molar-refractivity contribution >= 4 is 11.7 Å². The number of nitrogens with one attached hydrogen (secondary N) is 1. The van der Waals surface area contributed by atoms with Crippen LogP contribution in [-0.2, 0) is 19.1 Å². The Morgan fingerprint density at radius 3 is 2.84 bits per heavy atom. The molecular formula is C25H41NO5. The van der Waals surface area contributed by atoms with E-state index in [1.807, 2.05) is 12.2 Å². The number of ketones is 1. The molecule has 0 aromatic rings. The molecule has 1 aliphatic carbocycles. The molecule has 0 heterocycles. The molecule has 0 aliphatic heterocycles. The van der Waals surface area contributed by atoms with E-state index < -0.39 is 18.1 Å². The zero-order valence-corrected chi connectivity index (χ0v) is 19.5. The number of hydrogen-bond donors (Lipinski definition) is 2.